The van der Waals surface area contributed by atoms with Crippen molar-refractivity contribution >= 4 is 29.2 Å². The molecule has 1 aromatic heterocycles. The Kier molecular flexibility index (Phi) is 22.5. The van der Waals surface area contributed by atoms with Crippen LogP contribution in [0.25, 0.3) is 0 Å². The summed E-state index contributed by atoms with van der Waals surface area (Å²) in [5.74, 6) is -0.263. The Labute approximate surface area is 222 Å². The number of amides is 1. The molecule has 35 heavy (non-hydrogen) atoms. The highest BCUT2D eigenvalue weighted by Gasteiger charge is 2.19. The lowest BCUT2D eigenvalue weighted by Crippen LogP contribution is -2.17. The fourth-order valence-corrected chi connectivity index (χ4v) is 3.91. The lowest BCUT2D eigenvalue weighted by Gasteiger charge is -2.19. The third kappa shape index (κ3) is 16.0. The normalized spacial score (nSPS) is 10.1. The first-order valence-electron chi connectivity index (χ1n) is 12.4. The Morgan fingerprint density at radius 1 is 1.09 bits per heavy atom. The Morgan fingerprint density at radius 3 is 1.71 bits per heavy atom. The molecule has 2 rings (SSSR count). The number of nitrogens with zero attached hydrogens (tertiary/aromatic N) is 1. The second-order valence-corrected chi connectivity index (χ2v) is 10.3. The van der Waals surface area contributed by atoms with Crippen LogP contribution in [0.1, 0.15) is 123 Å². The summed E-state index contributed by atoms with van der Waals surface area (Å²) in [6.45, 7) is 23.7. The first kappa shape index (κ1) is 38.1. The number of hydrogen-bond donors (Lipinski definition) is 3. The molecule has 0 aliphatic heterocycles. The van der Waals surface area contributed by atoms with Crippen LogP contribution in [-0.2, 0) is 16.8 Å². The van der Waals surface area contributed by atoms with Gasteiger partial charge in [0.15, 0.2) is 4.34 Å². The third-order valence-electron chi connectivity index (χ3n) is 4.07. The zero-order chi connectivity index (χ0) is 28.4. The van der Waals surface area contributed by atoms with Gasteiger partial charge in [-0.15, -0.1) is 11.3 Å². The average molecular weight is 532 g/mol. The summed E-state index contributed by atoms with van der Waals surface area (Å²) >= 11 is 2.52. The van der Waals surface area contributed by atoms with Gasteiger partial charge in [0.25, 0.3) is 0 Å². The minimum atomic E-state index is -0.800. The number of aromatic nitrogens is 1. The van der Waals surface area contributed by atoms with E-state index in [1.165, 1.54) is 29.9 Å². The average Bonchev–Trinajstić information content (AvgIpc) is 3.28. The molecule has 0 saturated heterocycles. The fourth-order valence-electron chi connectivity index (χ4n) is 2.68. The largest absolute Gasteiger partial charge is 0.385 e. The molecule has 0 spiro atoms. The molecule has 0 aliphatic rings. The van der Waals surface area contributed by atoms with E-state index in [0.29, 0.717) is 0 Å². The summed E-state index contributed by atoms with van der Waals surface area (Å²) < 4.78 is 14.3. The molecule has 1 aromatic carbocycles. The van der Waals surface area contributed by atoms with Gasteiger partial charge in [-0.25, -0.2) is 9.37 Å². The second-order valence-electron chi connectivity index (χ2n) is 8.39. The molecular formula is C27H50FN3O2S2. The molecule has 0 unspecified atom stereocenters. The number of primary amides is 1. The number of hydrogen-bond acceptors (Lipinski definition) is 6. The summed E-state index contributed by atoms with van der Waals surface area (Å²) in [7, 11) is 0. The van der Waals surface area contributed by atoms with Gasteiger partial charge in [0.05, 0.1) is 16.9 Å². The number of halogens is 1. The van der Waals surface area contributed by atoms with Crippen LogP contribution in [0, 0.1) is 5.82 Å². The highest BCUT2D eigenvalue weighted by atomic mass is 32.2. The smallest absolute Gasteiger partial charge is 0.221 e. The van der Waals surface area contributed by atoms with E-state index in [2.05, 4.69) is 18.8 Å². The molecule has 8 heteroatoms. The van der Waals surface area contributed by atoms with Gasteiger partial charge in [-0.1, -0.05) is 75.7 Å². The highest BCUT2D eigenvalue weighted by molar-refractivity contribution is 7.98. The molecule has 0 fully saturated rings. The van der Waals surface area contributed by atoms with Gasteiger partial charge in [-0.05, 0) is 66.5 Å². The number of nitrogens with two attached hydrogens (primary N) is 2. The second kappa shape index (κ2) is 20.7. The van der Waals surface area contributed by atoms with E-state index in [1.54, 1.807) is 20.0 Å². The standard InChI is InChI=1S/C14H20FNO.C6H10N2OS2.C3H8.2C2H6/c1-8(2)11-5-10(15)6-12(9(3)4)13(11)7-14(16)17;1-6(2,9)4-3-8-5(10-4)11-7;1-3-2;2*1-2/h5-6,8-9H,7H2,1-4H3,(H2,16,17);3,9H,7H2,1-2H3;3H2,1-2H3;2*1-2H3. The van der Waals surface area contributed by atoms with Gasteiger partial charge in [0, 0.05) is 6.20 Å². The number of carbonyl (C=O) groups is 1. The van der Waals surface area contributed by atoms with Crippen LogP contribution < -0.4 is 10.9 Å². The number of benzene rings is 1. The van der Waals surface area contributed by atoms with Crippen molar-refractivity contribution in [3.63, 3.8) is 0 Å². The Hall–Kier alpha value is -1.48. The summed E-state index contributed by atoms with van der Waals surface area (Å²) in [6, 6.07) is 3.02. The van der Waals surface area contributed by atoms with Gasteiger partial charge in [0.2, 0.25) is 5.91 Å². The first-order valence-corrected chi connectivity index (χ1v) is 14.1. The van der Waals surface area contributed by atoms with Crippen LogP contribution in [0.4, 0.5) is 4.39 Å². The van der Waals surface area contributed by atoms with E-state index < -0.39 is 5.60 Å². The molecule has 5 nitrogen and oxygen atoms in total. The zero-order valence-electron chi connectivity index (χ0n) is 24.0. The van der Waals surface area contributed by atoms with Crippen LogP contribution in [0.5, 0.6) is 0 Å². The van der Waals surface area contributed by atoms with Crippen LogP contribution >= 0.6 is 23.3 Å². The SMILES string of the molecule is CC.CC.CC(C)(O)c1cnc(SN)s1.CC(C)c1cc(F)cc(C(C)C)c1CC(N)=O.CCC. The fraction of sp³-hybridized carbons (Fsp3) is 0.630. The minimum absolute atomic E-state index is 0.178. The molecule has 0 saturated carbocycles. The summed E-state index contributed by atoms with van der Waals surface area (Å²) in [5, 5.41) is 14.8. The maximum absolute atomic E-state index is 13.5. The topological polar surface area (TPSA) is 102 Å². The lowest BCUT2D eigenvalue weighted by atomic mass is 9.87. The van der Waals surface area contributed by atoms with E-state index in [-0.39, 0.29) is 30.0 Å². The molecule has 0 radical (unpaired) electrons. The predicted molar refractivity (Wildman–Crippen MR) is 154 cm³/mol. The van der Waals surface area contributed by atoms with Gasteiger partial charge in [-0.3, -0.25) is 9.93 Å². The van der Waals surface area contributed by atoms with Crippen LogP contribution in [0.3, 0.4) is 0 Å². The lowest BCUT2D eigenvalue weighted by molar-refractivity contribution is -0.117. The highest BCUT2D eigenvalue weighted by Crippen LogP contribution is 2.30. The molecule has 0 atom stereocenters. The molecule has 0 aliphatic carbocycles. The summed E-state index contributed by atoms with van der Waals surface area (Å²) in [5.41, 5.74) is 7.12. The van der Waals surface area contributed by atoms with Gasteiger partial charge < -0.3 is 10.8 Å². The third-order valence-corrected chi connectivity index (χ3v) is 6.02. The summed E-state index contributed by atoms with van der Waals surface area (Å²) in [4.78, 5) is 16.0. The zero-order valence-corrected chi connectivity index (χ0v) is 25.6. The van der Waals surface area contributed by atoms with Crippen molar-refractivity contribution in [3.8, 4) is 0 Å². The molecule has 2 aromatic rings. The number of aliphatic hydroxyl groups is 1. The van der Waals surface area contributed by atoms with E-state index in [9.17, 15) is 14.3 Å². The minimum Gasteiger partial charge on any atom is -0.385 e. The van der Waals surface area contributed by atoms with Crippen molar-refractivity contribution in [2.24, 2.45) is 10.9 Å². The predicted octanol–water partition coefficient (Wildman–Crippen LogP) is 7.91. The first-order chi connectivity index (χ1) is 16.3. The van der Waals surface area contributed by atoms with Crippen molar-refractivity contribution in [1.82, 2.24) is 4.98 Å². The van der Waals surface area contributed by atoms with Crippen LogP contribution in [0.2, 0.25) is 0 Å². The molecule has 204 valence electrons. The van der Waals surface area contributed by atoms with Crippen molar-refractivity contribution in [2.75, 3.05) is 0 Å². The van der Waals surface area contributed by atoms with Crippen molar-refractivity contribution in [1.29, 1.82) is 0 Å². The van der Waals surface area contributed by atoms with E-state index in [0.717, 1.165) is 37.9 Å². The maximum atomic E-state index is 13.5. The van der Waals surface area contributed by atoms with Gasteiger partial charge >= 0.3 is 0 Å². The van der Waals surface area contributed by atoms with E-state index >= 15 is 0 Å². The molecule has 1 heterocycles. The number of rotatable bonds is 6. The Balaban J connectivity index is -0.000000488. The van der Waals surface area contributed by atoms with Crippen molar-refractivity contribution in [3.05, 3.63) is 45.7 Å². The molecule has 0 bridgehead atoms. The maximum Gasteiger partial charge on any atom is 0.221 e. The number of thiazole rings is 1. The monoisotopic (exact) mass is 531 g/mol. The summed E-state index contributed by atoms with van der Waals surface area (Å²) in [6.07, 6.45) is 3.08. The van der Waals surface area contributed by atoms with E-state index in [1.807, 2.05) is 55.4 Å². The Morgan fingerprint density at radius 2 is 1.49 bits per heavy atom. The van der Waals surface area contributed by atoms with E-state index in [4.69, 9.17) is 10.9 Å². The van der Waals surface area contributed by atoms with Crippen LogP contribution in [-0.4, -0.2) is 16.0 Å². The number of carbonyl (C=O) groups excluding carboxylic acids is 1. The van der Waals surface area contributed by atoms with Crippen molar-refractivity contribution in [2.45, 2.75) is 118 Å². The van der Waals surface area contributed by atoms with Crippen LogP contribution in [0.15, 0.2) is 22.7 Å². The molecular weight excluding hydrogens is 481 g/mol. The quantitative estimate of drug-likeness (QED) is 0.329. The van der Waals surface area contributed by atoms with Gasteiger partial charge in [0.1, 0.15) is 5.82 Å². The van der Waals surface area contributed by atoms with Crippen molar-refractivity contribution < 1.29 is 14.3 Å². The van der Waals surface area contributed by atoms with Gasteiger partial charge in [-0.2, -0.15) is 0 Å². The molecule has 1 amide bonds. The molecule has 5 N–H and O–H groups in total. The Bertz CT molecular complexity index is 788.